The lowest BCUT2D eigenvalue weighted by Crippen LogP contribution is -2.46. The van der Waals surface area contributed by atoms with Gasteiger partial charge in [0.2, 0.25) is 5.91 Å². The molecule has 0 rings (SSSR count). The first-order valence-corrected chi connectivity index (χ1v) is 5.86. The van der Waals surface area contributed by atoms with Crippen LogP contribution >= 0.6 is 0 Å². The van der Waals surface area contributed by atoms with Crippen LogP contribution in [0.25, 0.3) is 0 Å². The molecule has 16 heavy (non-hydrogen) atoms. The molecule has 0 bridgehead atoms. The van der Waals surface area contributed by atoms with E-state index in [1.165, 1.54) is 0 Å². The van der Waals surface area contributed by atoms with Gasteiger partial charge in [-0.25, -0.2) is 0 Å². The predicted molar refractivity (Wildman–Crippen MR) is 64.0 cm³/mol. The van der Waals surface area contributed by atoms with Gasteiger partial charge in [-0.2, -0.15) is 0 Å². The smallest absolute Gasteiger partial charge is 0.228 e. The van der Waals surface area contributed by atoms with Crippen molar-refractivity contribution in [3.05, 3.63) is 0 Å². The highest BCUT2D eigenvalue weighted by Crippen LogP contribution is 2.23. The first kappa shape index (κ1) is 15.4. The Morgan fingerprint density at radius 3 is 1.81 bits per heavy atom. The number of aliphatic hydroxyl groups is 2. The van der Waals surface area contributed by atoms with Crippen LogP contribution in [0.5, 0.6) is 0 Å². The second-order valence-electron chi connectivity index (χ2n) is 5.15. The SMILES string of the molecule is CCC(C)(C)C(=O)N(CC(C)O)CC(C)O. The summed E-state index contributed by atoms with van der Waals surface area (Å²) in [4.78, 5) is 13.7. The molecule has 4 heteroatoms. The van der Waals surface area contributed by atoms with Gasteiger partial charge in [0.1, 0.15) is 0 Å². The molecule has 0 aliphatic rings. The van der Waals surface area contributed by atoms with Crippen LogP contribution in [-0.4, -0.2) is 46.3 Å². The average molecular weight is 231 g/mol. The molecule has 0 aromatic carbocycles. The maximum atomic E-state index is 12.2. The summed E-state index contributed by atoms with van der Waals surface area (Å²) in [5.41, 5.74) is -0.441. The summed E-state index contributed by atoms with van der Waals surface area (Å²) in [5.74, 6) is -0.0169. The molecule has 1 amide bonds. The Bertz CT molecular complexity index is 214. The Hall–Kier alpha value is -0.610. The van der Waals surface area contributed by atoms with Crippen LogP contribution in [-0.2, 0) is 4.79 Å². The number of carbonyl (C=O) groups is 1. The van der Waals surface area contributed by atoms with Crippen molar-refractivity contribution in [1.29, 1.82) is 0 Å². The van der Waals surface area contributed by atoms with Crippen LogP contribution in [0.3, 0.4) is 0 Å². The molecule has 0 saturated heterocycles. The van der Waals surface area contributed by atoms with Crippen molar-refractivity contribution < 1.29 is 15.0 Å². The number of nitrogens with zero attached hydrogens (tertiary/aromatic N) is 1. The van der Waals surface area contributed by atoms with Crippen molar-refractivity contribution in [3.63, 3.8) is 0 Å². The maximum Gasteiger partial charge on any atom is 0.228 e. The van der Waals surface area contributed by atoms with Crippen LogP contribution in [0, 0.1) is 5.41 Å². The summed E-state index contributed by atoms with van der Waals surface area (Å²) >= 11 is 0. The van der Waals surface area contributed by atoms with Gasteiger partial charge in [-0.15, -0.1) is 0 Å². The van der Waals surface area contributed by atoms with E-state index >= 15 is 0 Å². The number of rotatable bonds is 6. The molecular weight excluding hydrogens is 206 g/mol. The van der Waals surface area contributed by atoms with Crippen molar-refractivity contribution >= 4 is 5.91 Å². The van der Waals surface area contributed by atoms with E-state index in [-0.39, 0.29) is 19.0 Å². The zero-order valence-corrected chi connectivity index (χ0v) is 11.0. The number of hydrogen-bond acceptors (Lipinski definition) is 3. The molecule has 2 N–H and O–H groups in total. The minimum atomic E-state index is -0.574. The molecule has 0 aromatic rings. The normalized spacial score (nSPS) is 15.7. The lowest BCUT2D eigenvalue weighted by Gasteiger charge is -2.32. The predicted octanol–water partition coefficient (Wildman–Crippen LogP) is 1.01. The molecule has 0 aliphatic carbocycles. The monoisotopic (exact) mass is 231 g/mol. The van der Waals surface area contributed by atoms with E-state index in [0.29, 0.717) is 0 Å². The van der Waals surface area contributed by atoms with Crippen LogP contribution in [0.4, 0.5) is 0 Å². The molecule has 0 saturated carbocycles. The average Bonchev–Trinajstić information content (AvgIpc) is 2.14. The van der Waals surface area contributed by atoms with Gasteiger partial charge in [-0.1, -0.05) is 20.8 Å². The van der Waals surface area contributed by atoms with E-state index in [4.69, 9.17) is 0 Å². The molecule has 2 unspecified atom stereocenters. The molecule has 0 heterocycles. The highest BCUT2D eigenvalue weighted by Gasteiger charge is 2.31. The summed E-state index contributed by atoms with van der Waals surface area (Å²) < 4.78 is 0. The molecule has 0 spiro atoms. The second-order valence-corrected chi connectivity index (χ2v) is 5.15. The third kappa shape index (κ3) is 4.94. The molecule has 0 aliphatic heterocycles. The Morgan fingerprint density at radius 2 is 1.56 bits per heavy atom. The van der Waals surface area contributed by atoms with Crippen molar-refractivity contribution in [1.82, 2.24) is 4.90 Å². The lowest BCUT2D eigenvalue weighted by atomic mass is 9.88. The van der Waals surface area contributed by atoms with Crippen LogP contribution in [0.15, 0.2) is 0 Å². The van der Waals surface area contributed by atoms with Crippen LogP contribution in [0.1, 0.15) is 41.0 Å². The van der Waals surface area contributed by atoms with Crippen LogP contribution < -0.4 is 0 Å². The van der Waals surface area contributed by atoms with Crippen molar-refractivity contribution in [2.24, 2.45) is 5.41 Å². The molecular formula is C12H25NO3. The van der Waals surface area contributed by atoms with E-state index < -0.39 is 17.6 Å². The third-order valence-corrected chi connectivity index (χ3v) is 2.72. The minimum absolute atomic E-state index is 0.0169. The maximum absolute atomic E-state index is 12.2. The van der Waals surface area contributed by atoms with Crippen molar-refractivity contribution in [3.8, 4) is 0 Å². The Labute approximate surface area is 98.3 Å². The lowest BCUT2D eigenvalue weighted by molar-refractivity contribution is -0.143. The van der Waals surface area contributed by atoms with Crippen LogP contribution in [0.2, 0.25) is 0 Å². The fourth-order valence-electron chi connectivity index (χ4n) is 1.46. The first-order valence-electron chi connectivity index (χ1n) is 5.86. The zero-order chi connectivity index (χ0) is 12.9. The molecule has 0 radical (unpaired) electrons. The van der Waals surface area contributed by atoms with Gasteiger partial charge in [0.15, 0.2) is 0 Å². The first-order chi connectivity index (χ1) is 7.20. The Kier molecular flexibility index (Phi) is 5.97. The molecule has 4 nitrogen and oxygen atoms in total. The topological polar surface area (TPSA) is 60.8 Å². The summed E-state index contributed by atoms with van der Waals surface area (Å²) in [6.45, 7) is 9.54. The van der Waals surface area contributed by atoms with Gasteiger partial charge in [0, 0.05) is 18.5 Å². The third-order valence-electron chi connectivity index (χ3n) is 2.72. The summed E-state index contributed by atoms with van der Waals surface area (Å²) in [5, 5.41) is 18.7. The quantitative estimate of drug-likeness (QED) is 0.717. The number of hydrogen-bond donors (Lipinski definition) is 2. The zero-order valence-electron chi connectivity index (χ0n) is 11.0. The Morgan fingerprint density at radius 1 is 1.19 bits per heavy atom. The second kappa shape index (κ2) is 6.21. The van der Waals surface area contributed by atoms with E-state index in [9.17, 15) is 15.0 Å². The van der Waals surface area contributed by atoms with Gasteiger partial charge in [0.25, 0.3) is 0 Å². The van der Waals surface area contributed by atoms with Gasteiger partial charge in [0.05, 0.1) is 12.2 Å². The van der Waals surface area contributed by atoms with Gasteiger partial charge in [-0.3, -0.25) is 4.79 Å². The molecule has 0 fully saturated rings. The molecule has 96 valence electrons. The number of carbonyl (C=O) groups excluding carboxylic acids is 1. The summed E-state index contributed by atoms with van der Waals surface area (Å²) in [6.07, 6.45) is -0.409. The highest BCUT2D eigenvalue weighted by molar-refractivity contribution is 5.82. The molecule has 2 atom stereocenters. The van der Waals surface area contributed by atoms with Crippen molar-refractivity contribution in [2.75, 3.05) is 13.1 Å². The number of amides is 1. The standard InChI is InChI=1S/C12H25NO3/c1-6-12(4,5)11(16)13(7-9(2)14)8-10(3)15/h9-10,14-15H,6-8H2,1-5H3. The largest absolute Gasteiger partial charge is 0.392 e. The fourth-order valence-corrected chi connectivity index (χ4v) is 1.46. The summed E-state index contributed by atoms with van der Waals surface area (Å²) in [6, 6.07) is 0. The molecule has 0 aromatic heterocycles. The minimum Gasteiger partial charge on any atom is -0.392 e. The van der Waals surface area contributed by atoms with Crippen molar-refractivity contribution in [2.45, 2.75) is 53.2 Å². The van der Waals surface area contributed by atoms with E-state index in [0.717, 1.165) is 6.42 Å². The highest BCUT2D eigenvalue weighted by atomic mass is 16.3. The van der Waals surface area contributed by atoms with E-state index in [2.05, 4.69) is 0 Å². The number of aliphatic hydroxyl groups excluding tert-OH is 2. The van der Waals surface area contributed by atoms with Gasteiger partial charge in [-0.05, 0) is 20.3 Å². The Balaban J connectivity index is 4.68. The van der Waals surface area contributed by atoms with Gasteiger partial charge < -0.3 is 15.1 Å². The van der Waals surface area contributed by atoms with Gasteiger partial charge >= 0.3 is 0 Å². The van der Waals surface area contributed by atoms with E-state index in [1.54, 1.807) is 18.7 Å². The summed E-state index contributed by atoms with van der Waals surface area (Å²) in [7, 11) is 0. The van der Waals surface area contributed by atoms with E-state index in [1.807, 2.05) is 20.8 Å². The fraction of sp³-hybridized carbons (Fsp3) is 0.917.